The third-order valence-corrected chi connectivity index (χ3v) is 4.91. The van der Waals surface area contributed by atoms with Gasteiger partial charge in [-0.2, -0.15) is 0 Å². The lowest BCUT2D eigenvalue weighted by Gasteiger charge is -2.23. The average Bonchev–Trinajstić information content (AvgIpc) is 2.57. The molecular weight excluding hydrogens is 338 g/mol. The highest BCUT2D eigenvalue weighted by Crippen LogP contribution is 2.19. The van der Waals surface area contributed by atoms with Crippen LogP contribution in [0.1, 0.15) is 36.8 Å². The topological polar surface area (TPSA) is 61.4 Å². The molecule has 5 nitrogen and oxygen atoms in total. The molecule has 0 spiro atoms. The Morgan fingerprint density at radius 1 is 1.24 bits per heavy atom. The molecular formula is C19H30ClN3O2. The van der Waals surface area contributed by atoms with Crippen molar-refractivity contribution in [1.29, 1.82) is 0 Å². The number of carbonyl (C=O) groups excluding carboxylic acids is 2. The van der Waals surface area contributed by atoms with Crippen LogP contribution in [-0.4, -0.2) is 43.4 Å². The number of nitrogens with one attached hydrogen (secondary N) is 2. The van der Waals surface area contributed by atoms with E-state index in [0.717, 1.165) is 49.2 Å². The number of hydrogen-bond acceptors (Lipinski definition) is 3. The number of hydrogen-bond donors (Lipinski definition) is 2. The summed E-state index contributed by atoms with van der Waals surface area (Å²) in [6.45, 7) is 6.19. The number of likely N-dealkylation sites (N-methyl/N-ethyl adjacent to an activating group) is 1. The van der Waals surface area contributed by atoms with Gasteiger partial charge in [0.15, 0.2) is 0 Å². The predicted molar refractivity (Wildman–Crippen MR) is 104 cm³/mol. The lowest BCUT2D eigenvalue weighted by molar-refractivity contribution is -0.133. The monoisotopic (exact) mass is 367 g/mol. The number of carbonyl (C=O) groups is 2. The normalized spacial score (nSPS) is 14.5. The van der Waals surface area contributed by atoms with Crippen molar-refractivity contribution in [2.45, 2.75) is 39.5 Å². The number of aryl methyl sites for hydroxylation is 1. The third-order valence-electron chi connectivity index (χ3n) is 4.91. The van der Waals surface area contributed by atoms with Gasteiger partial charge < -0.3 is 15.5 Å². The molecule has 0 bridgehead atoms. The van der Waals surface area contributed by atoms with E-state index in [-0.39, 0.29) is 30.8 Å². The molecule has 25 heavy (non-hydrogen) atoms. The van der Waals surface area contributed by atoms with Gasteiger partial charge in [-0.3, -0.25) is 9.59 Å². The molecule has 1 heterocycles. The number of benzene rings is 1. The molecule has 2 rings (SSSR count). The second kappa shape index (κ2) is 10.4. The van der Waals surface area contributed by atoms with Gasteiger partial charge in [0.1, 0.15) is 0 Å². The summed E-state index contributed by atoms with van der Waals surface area (Å²) in [4.78, 5) is 25.9. The molecule has 2 N–H and O–H groups in total. The van der Waals surface area contributed by atoms with Crippen molar-refractivity contribution >= 4 is 29.9 Å². The van der Waals surface area contributed by atoms with Crippen LogP contribution in [0.3, 0.4) is 0 Å². The first-order valence-corrected chi connectivity index (χ1v) is 8.78. The minimum atomic E-state index is -0.151. The molecule has 1 aliphatic heterocycles. The zero-order valence-corrected chi connectivity index (χ0v) is 16.2. The van der Waals surface area contributed by atoms with Gasteiger partial charge in [-0.1, -0.05) is 12.1 Å². The lowest BCUT2D eigenvalue weighted by Crippen LogP contribution is -2.35. The van der Waals surface area contributed by atoms with Gasteiger partial charge in [-0.05, 0) is 69.3 Å². The maximum absolute atomic E-state index is 12.2. The van der Waals surface area contributed by atoms with E-state index in [1.165, 1.54) is 4.90 Å². The molecule has 1 aromatic carbocycles. The van der Waals surface area contributed by atoms with Gasteiger partial charge in [-0.15, -0.1) is 12.4 Å². The largest absolute Gasteiger partial charge is 0.336 e. The Morgan fingerprint density at radius 3 is 2.60 bits per heavy atom. The Hall–Kier alpha value is -1.59. The van der Waals surface area contributed by atoms with Crippen LogP contribution in [0.2, 0.25) is 0 Å². The zero-order valence-electron chi connectivity index (χ0n) is 15.4. The second-order valence-corrected chi connectivity index (χ2v) is 6.78. The Kier molecular flexibility index (Phi) is 8.93. The molecule has 0 atom stereocenters. The van der Waals surface area contributed by atoms with Crippen molar-refractivity contribution in [2.24, 2.45) is 5.92 Å². The number of halogens is 1. The van der Waals surface area contributed by atoms with E-state index in [1.807, 2.05) is 32.0 Å². The van der Waals surface area contributed by atoms with Crippen molar-refractivity contribution in [3.8, 4) is 0 Å². The van der Waals surface area contributed by atoms with Crippen LogP contribution in [0, 0.1) is 19.8 Å². The van der Waals surface area contributed by atoms with Gasteiger partial charge in [-0.25, -0.2) is 0 Å². The highest BCUT2D eigenvalue weighted by molar-refractivity contribution is 5.95. The number of anilines is 1. The second-order valence-electron chi connectivity index (χ2n) is 6.78. The van der Waals surface area contributed by atoms with E-state index < -0.39 is 0 Å². The minimum Gasteiger partial charge on any atom is -0.336 e. The molecule has 140 valence electrons. The minimum absolute atomic E-state index is 0. The maximum atomic E-state index is 12.2. The first-order chi connectivity index (χ1) is 11.5. The van der Waals surface area contributed by atoms with Crippen molar-refractivity contribution in [2.75, 3.05) is 32.0 Å². The molecule has 1 aromatic rings. The number of piperidine rings is 1. The van der Waals surface area contributed by atoms with Gasteiger partial charge in [0, 0.05) is 19.2 Å². The Bertz CT molecular complexity index is 586. The van der Waals surface area contributed by atoms with Crippen LogP contribution in [-0.2, 0) is 9.59 Å². The van der Waals surface area contributed by atoms with Crippen LogP contribution >= 0.6 is 12.4 Å². The first-order valence-electron chi connectivity index (χ1n) is 8.78. The van der Waals surface area contributed by atoms with E-state index in [9.17, 15) is 9.59 Å². The van der Waals surface area contributed by atoms with Crippen LogP contribution in [0.5, 0.6) is 0 Å². The average molecular weight is 368 g/mol. The zero-order chi connectivity index (χ0) is 17.5. The van der Waals surface area contributed by atoms with Crippen LogP contribution < -0.4 is 10.6 Å². The number of amides is 2. The van der Waals surface area contributed by atoms with E-state index in [1.54, 1.807) is 7.05 Å². The summed E-state index contributed by atoms with van der Waals surface area (Å²) < 4.78 is 0. The van der Waals surface area contributed by atoms with Crippen LogP contribution in [0.25, 0.3) is 0 Å². The van der Waals surface area contributed by atoms with Crippen molar-refractivity contribution in [3.63, 3.8) is 0 Å². The summed E-state index contributed by atoms with van der Waals surface area (Å²) in [7, 11) is 1.70. The standard InChI is InChI=1S/C19H29N3O2.ClH/c1-14-5-4-6-17(15(14)2)21-18(23)13-22(3)19(24)8-7-16-9-11-20-12-10-16;/h4-6,16,20H,7-13H2,1-3H3,(H,21,23);1H. The Balaban J connectivity index is 0.00000312. The fourth-order valence-corrected chi connectivity index (χ4v) is 3.07. The summed E-state index contributed by atoms with van der Waals surface area (Å²) >= 11 is 0. The smallest absolute Gasteiger partial charge is 0.243 e. The van der Waals surface area contributed by atoms with Gasteiger partial charge in [0.25, 0.3) is 0 Å². The van der Waals surface area contributed by atoms with Gasteiger partial charge in [0.2, 0.25) is 11.8 Å². The molecule has 2 amide bonds. The quantitative estimate of drug-likeness (QED) is 0.812. The highest BCUT2D eigenvalue weighted by atomic mass is 35.5. The predicted octanol–water partition coefficient (Wildman–Crippen LogP) is 2.90. The van der Waals surface area contributed by atoms with Crippen molar-refractivity contribution < 1.29 is 9.59 Å². The molecule has 1 saturated heterocycles. The molecule has 0 aromatic heterocycles. The summed E-state index contributed by atoms with van der Waals surface area (Å²) in [5.74, 6) is 0.526. The number of rotatable bonds is 6. The summed E-state index contributed by atoms with van der Waals surface area (Å²) in [6, 6.07) is 5.83. The van der Waals surface area contributed by atoms with E-state index in [0.29, 0.717) is 12.3 Å². The third kappa shape index (κ3) is 6.67. The van der Waals surface area contributed by atoms with E-state index in [4.69, 9.17) is 0 Å². The van der Waals surface area contributed by atoms with Gasteiger partial charge >= 0.3 is 0 Å². The highest BCUT2D eigenvalue weighted by Gasteiger charge is 2.18. The molecule has 1 fully saturated rings. The molecule has 1 aliphatic rings. The van der Waals surface area contributed by atoms with E-state index >= 15 is 0 Å². The molecule has 0 unspecified atom stereocenters. The van der Waals surface area contributed by atoms with Crippen LogP contribution in [0.4, 0.5) is 5.69 Å². The number of nitrogens with zero attached hydrogens (tertiary/aromatic N) is 1. The summed E-state index contributed by atoms with van der Waals surface area (Å²) in [6.07, 6.45) is 3.73. The molecule has 6 heteroatoms. The Morgan fingerprint density at radius 2 is 1.92 bits per heavy atom. The molecule has 0 radical (unpaired) electrons. The SMILES string of the molecule is Cc1cccc(NC(=O)CN(C)C(=O)CCC2CCNCC2)c1C.Cl. The van der Waals surface area contributed by atoms with Crippen molar-refractivity contribution in [3.05, 3.63) is 29.3 Å². The summed E-state index contributed by atoms with van der Waals surface area (Å²) in [5.41, 5.74) is 3.01. The van der Waals surface area contributed by atoms with Crippen LogP contribution in [0.15, 0.2) is 18.2 Å². The van der Waals surface area contributed by atoms with Crippen molar-refractivity contribution in [1.82, 2.24) is 10.2 Å². The first kappa shape index (κ1) is 21.5. The van der Waals surface area contributed by atoms with Gasteiger partial charge in [0.05, 0.1) is 6.54 Å². The Labute approximate surface area is 157 Å². The fourth-order valence-electron chi connectivity index (χ4n) is 3.07. The summed E-state index contributed by atoms with van der Waals surface area (Å²) in [5, 5.41) is 6.24. The molecule has 0 saturated carbocycles. The maximum Gasteiger partial charge on any atom is 0.243 e. The lowest BCUT2D eigenvalue weighted by atomic mass is 9.93. The fraction of sp³-hybridized carbons (Fsp3) is 0.579. The van der Waals surface area contributed by atoms with E-state index in [2.05, 4.69) is 10.6 Å². The molecule has 0 aliphatic carbocycles.